The topological polar surface area (TPSA) is 83.9 Å². The Labute approximate surface area is 262 Å². The van der Waals surface area contributed by atoms with Crippen molar-refractivity contribution in [1.29, 1.82) is 0 Å². The van der Waals surface area contributed by atoms with E-state index < -0.39 is 11.9 Å². The van der Waals surface area contributed by atoms with Crippen LogP contribution in [0.25, 0.3) is 0 Å². The molecule has 0 spiro atoms. The lowest BCUT2D eigenvalue weighted by Crippen LogP contribution is -2.45. The van der Waals surface area contributed by atoms with Crippen LogP contribution in [0.15, 0.2) is 67.9 Å². The molecule has 2 aromatic rings. The van der Waals surface area contributed by atoms with E-state index in [9.17, 15) is 23.9 Å². The summed E-state index contributed by atoms with van der Waals surface area (Å²) in [4.78, 5) is 41.8. The Hall–Kier alpha value is -2.78. The van der Waals surface area contributed by atoms with Crippen LogP contribution in [-0.2, 0) is 21.0 Å². The third kappa shape index (κ3) is 6.13. The van der Waals surface area contributed by atoms with E-state index in [0.717, 1.165) is 15.9 Å². The lowest BCUT2D eigenvalue weighted by Gasteiger charge is -2.49. The molecule has 6 nitrogen and oxygen atoms in total. The number of Topliss-reactive ketones (excluding diaryl/α,β-unsaturated/α-hetero) is 2. The minimum absolute atomic E-state index is 0.0528. The zero-order chi connectivity index (χ0) is 30.6. The number of ketones is 2. The summed E-state index contributed by atoms with van der Waals surface area (Å²) in [6.45, 7) is 8.44. The molecule has 222 valence electrons. The van der Waals surface area contributed by atoms with Gasteiger partial charge in [-0.1, -0.05) is 55.8 Å². The average Bonchev–Trinajstić information content (AvgIpc) is 2.84. The number of carbonyl (C=O) groups is 3. The van der Waals surface area contributed by atoms with Crippen molar-refractivity contribution >= 4 is 49.4 Å². The van der Waals surface area contributed by atoms with Crippen LogP contribution in [0.4, 0.5) is 4.39 Å². The van der Waals surface area contributed by atoms with Crippen LogP contribution in [-0.4, -0.2) is 34.1 Å². The van der Waals surface area contributed by atoms with E-state index in [1.165, 1.54) is 12.1 Å². The van der Waals surface area contributed by atoms with Gasteiger partial charge in [-0.2, -0.15) is 0 Å². The summed E-state index contributed by atoms with van der Waals surface area (Å²) >= 11 is 7.24. The fourth-order valence-electron chi connectivity index (χ4n) is 6.57. The van der Waals surface area contributed by atoms with Gasteiger partial charge in [-0.05, 0) is 69.4 Å². The molecule has 1 aliphatic heterocycles. The van der Waals surface area contributed by atoms with E-state index in [1.807, 2.05) is 44.7 Å². The summed E-state index contributed by atoms with van der Waals surface area (Å²) in [5.74, 6) is -1.62. The zero-order valence-electron chi connectivity index (χ0n) is 24.2. The number of benzene rings is 2. The summed E-state index contributed by atoms with van der Waals surface area (Å²) in [5, 5.41) is 9.60. The minimum Gasteiger partial charge on any atom is -0.487 e. The summed E-state index contributed by atoms with van der Waals surface area (Å²) in [7, 11) is 0. The van der Waals surface area contributed by atoms with Crippen molar-refractivity contribution in [3.8, 4) is 5.75 Å². The van der Waals surface area contributed by atoms with Gasteiger partial charge in [0.25, 0.3) is 0 Å². The number of hydrogen-bond acceptors (Lipinski definition) is 5. The molecule has 3 aliphatic rings. The maximum absolute atomic E-state index is 14.1. The third-order valence-corrected chi connectivity index (χ3v) is 9.24. The normalized spacial score (nSPS) is 20.0. The Morgan fingerprint density at radius 3 is 2.12 bits per heavy atom. The lowest BCUT2D eigenvalue weighted by molar-refractivity contribution is -0.137. The van der Waals surface area contributed by atoms with E-state index in [4.69, 9.17) is 4.74 Å². The summed E-state index contributed by atoms with van der Waals surface area (Å²) in [6, 6.07) is 9.91. The zero-order valence-corrected chi connectivity index (χ0v) is 27.3. The van der Waals surface area contributed by atoms with Crippen molar-refractivity contribution in [2.45, 2.75) is 72.3 Å². The van der Waals surface area contributed by atoms with Crippen molar-refractivity contribution in [2.75, 3.05) is 6.54 Å². The number of nitrogens with zero attached hydrogens (tertiary/aromatic N) is 1. The fraction of sp³-hybridized carbons (Fsp3) is 0.424. The molecule has 0 atom stereocenters. The highest BCUT2D eigenvalue weighted by atomic mass is 79.9. The highest BCUT2D eigenvalue weighted by molar-refractivity contribution is 9.11. The summed E-state index contributed by atoms with van der Waals surface area (Å²) in [6.07, 6.45) is 1.65. The van der Waals surface area contributed by atoms with Gasteiger partial charge in [-0.15, -0.1) is 0 Å². The van der Waals surface area contributed by atoms with Gasteiger partial charge in [0.05, 0.1) is 10.9 Å². The second kappa shape index (κ2) is 11.4. The predicted molar refractivity (Wildman–Crippen MR) is 164 cm³/mol. The maximum Gasteiger partial charge on any atom is 0.305 e. The number of aliphatic carboxylic acids is 1. The van der Waals surface area contributed by atoms with Gasteiger partial charge in [-0.25, -0.2) is 4.39 Å². The molecule has 2 aromatic carbocycles. The van der Waals surface area contributed by atoms with Gasteiger partial charge in [-0.3, -0.25) is 14.4 Å². The van der Waals surface area contributed by atoms with Gasteiger partial charge in [0.2, 0.25) is 0 Å². The Kier molecular flexibility index (Phi) is 8.31. The van der Waals surface area contributed by atoms with E-state index in [2.05, 4.69) is 31.9 Å². The standard InChI is InChI=1S/C33H34Br2FNO5/c1-32(2)13-23-29(25(38)15-32)28(30-24(37(23)9-8-27(40)41)14-33(3,4)16-26(30)39)21-11-19(34)12-22(35)31(21)42-17-18-6-5-7-20(36)10-18/h5-7,10-12,28H,8-9,13-17H2,1-4H3,(H,40,41). The Morgan fingerprint density at radius 2 is 1.57 bits per heavy atom. The van der Waals surface area contributed by atoms with Gasteiger partial charge in [0, 0.05) is 57.9 Å². The number of halogens is 3. The second-order valence-electron chi connectivity index (χ2n) is 13.1. The lowest BCUT2D eigenvalue weighted by atomic mass is 9.63. The molecule has 2 aliphatic carbocycles. The van der Waals surface area contributed by atoms with Crippen LogP contribution in [0.3, 0.4) is 0 Å². The monoisotopic (exact) mass is 701 g/mol. The first-order valence-corrected chi connectivity index (χ1v) is 15.6. The van der Waals surface area contributed by atoms with Gasteiger partial charge in [0.1, 0.15) is 18.2 Å². The number of hydrogen-bond donors (Lipinski definition) is 1. The van der Waals surface area contributed by atoms with E-state index in [1.54, 1.807) is 12.1 Å². The molecule has 5 rings (SSSR count). The Balaban J connectivity index is 1.74. The Morgan fingerprint density at radius 1 is 0.976 bits per heavy atom. The SMILES string of the molecule is CC1(C)CC(=O)C2=C(C1)N(CCC(=O)O)C1=C(C(=O)CC(C)(C)C1)C2c1cc(Br)cc(Br)c1OCc1cccc(F)c1. The molecule has 9 heteroatoms. The number of carbonyl (C=O) groups excluding carboxylic acids is 2. The molecule has 0 saturated carbocycles. The number of carboxylic acid groups (broad SMARTS) is 1. The first kappa shape index (κ1) is 30.7. The van der Waals surface area contributed by atoms with Crippen molar-refractivity contribution in [3.05, 3.63) is 84.8 Å². The fourth-order valence-corrected chi connectivity index (χ4v) is 7.94. The van der Waals surface area contributed by atoms with Crippen LogP contribution < -0.4 is 4.74 Å². The predicted octanol–water partition coefficient (Wildman–Crippen LogP) is 8.09. The molecule has 1 N–H and O–H groups in total. The maximum atomic E-state index is 14.1. The molecule has 0 radical (unpaired) electrons. The van der Waals surface area contributed by atoms with Crippen LogP contribution in [0, 0.1) is 16.6 Å². The first-order valence-electron chi connectivity index (χ1n) is 14.0. The number of ether oxygens (including phenoxy) is 1. The molecule has 0 fully saturated rings. The third-order valence-electron chi connectivity index (χ3n) is 8.19. The number of allylic oxidation sites excluding steroid dienone is 4. The van der Waals surface area contributed by atoms with Gasteiger partial charge >= 0.3 is 5.97 Å². The molecule has 0 aromatic heterocycles. The molecular weight excluding hydrogens is 669 g/mol. The van der Waals surface area contributed by atoms with Crippen molar-refractivity contribution in [2.24, 2.45) is 10.8 Å². The second-order valence-corrected chi connectivity index (χ2v) is 14.8. The largest absolute Gasteiger partial charge is 0.487 e. The average molecular weight is 703 g/mol. The molecule has 0 saturated heterocycles. The van der Waals surface area contributed by atoms with E-state index in [-0.39, 0.29) is 47.8 Å². The Bertz CT molecular complexity index is 1500. The summed E-state index contributed by atoms with van der Waals surface area (Å²) in [5.41, 5.74) is 3.29. The van der Waals surface area contributed by atoms with Crippen molar-refractivity contribution in [3.63, 3.8) is 0 Å². The molecule has 0 bridgehead atoms. The molecule has 0 amide bonds. The van der Waals surface area contributed by atoms with Gasteiger partial charge < -0.3 is 14.7 Å². The quantitative estimate of drug-likeness (QED) is 0.314. The summed E-state index contributed by atoms with van der Waals surface area (Å²) < 4.78 is 21.6. The van der Waals surface area contributed by atoms with Gasteiger partial charge in [0.15, 0.2) is 11.6 Å². The first-order chi connectivity index (χ1) is 19.7. The van der Waals surface area contributed by atoms with Crippen LogP contribution in [0.1, 0.15) is 76.8 Å². The molecule has 1 heterocycles. The molecular formula is C33H34Br2FNO5. The minimum atomic E-state index is -0.937. The van der Waals surface area contributed by atoms with Crippen LogP contribution in [0.2, 0.25) is 0 Å². The smallest absolute Gasteiger partial charge is 0.305 e. The van der Waals surface area contributed by atoms with Crippen molar-refractivity contribution < 1.29 is 28.6 Å². The van der Waals surface area contributed by atoms with Crippen molar-refractivity contribution in [1.82, 2.24) is 4.90 Å². The van der Waals surface area contributed by atoms with Crippen LogP contribution >= 0.6 is 31.9 Å². The number of carboxylic acids is 1. The highest BCUT2D eigenvalue weighted by Crippen LogP contribution is 2.56. The van der Waals surface area contributed by atoms with E-state index in [0.29, 0.717) is 58.2 Å². The molecule has 42 heavy (non-hydrogen) atoms. The van der Waals surface area contributed by atoms with E-state index >= 15 is 0 Å². The molecule has 0 unspecified atom stereocenters. The highest BCUT2D eigenvalue weighted by Gasteiger charge is 2.49. The van der Waals surface area contributed by atoms with Crippen LogP contribution in [0.5, 0.6) is 5.75 Å². The number of rotatable bonds is 7.